The van der Waals surface area contributed by atoms with E-state index in [1.54, 1.807) is 17.5 Å². The number of benzene rings is 1. The van der Waals surface area contributed by atoms with E-state index in [0.29, 0.717) is 13.0 Å². The van der Waals surface area contributed by atoms with E-state index in [1.165, 1.54) is 0 Å². The average Bonchev–Trinajstić information content (AvgIpc) is 3.21. The number of thiazole rings is 1. The molecule has 0 saturated heterocycles. The summed E-state index contributed by atoms with van der Waals surface area (Å²) in [6.45, 7) is 0.563. The fraction of sp³-hybridized carbons (Fsp3) is 0.167. The zero-order valence-corrected chi connectivity index (χ0v) is 13.7. The molecule has 1 aromatic carbocycles. The third-order valence-electron chi connectivity index (χ3n) is 4.19. The molecule has 3 aromatic rings. The van der Waals surface area contributed by atoms with Crippen LogP contribution in [0.4, 0.5) is 5.69 Å². The number of fused-ring (bicyclic) bond motifs is 1. The summed E-state index contributed by atoms with van der Waals surface area (Å²) in [5.74, 6) is -0.300. The van der Waals surface area contributed by atoms with Gasteiger partial charge >= 0.3 is 0 Å². The number of carbonyl (C=O) groups is 1. The molecular weight excluding hydrogens is 320 g/mol. The van der Waals surface area contributed by atoms with Crippen molar-refractivity contribution in [3.63, 3.8) is 0 Å². The number of anilines is 1. The maximum absolute atomic E-state index is 11.9. The molecule has 0 bridgehead atoms. The first-order valence-electron chi connectivity index (χ1n) is 7.72. The summed E-state index contributed by atoms with van der Waals surface area (Å²) in [5.41, 5.74) is 9.61. The van der Waals surface area contributed by atoms with Crippen LogP contribution in [-0.2, 0) is 17.8 Å². The Bertz CT molecular complexity index is 877. The highest BCUT2D eigenvalue weighted by Crippen LogP contribution is 2.33. The van der Waals surface area contributed by atoms with Gasteiger partial charge in [0.05, 0.1) is 17.9 Å². The maximum atomic E-state index is 11.9. The lowest BCUT2D eigenvalue weighted by molar-refractivity contribution is -0.119. The maximum Gasteiger partial charge on any atom is 0.240 e. The van der Waals surface area contributed by atoms with Crippen molar-refractivity contribution >= 4 is 22.9 Å². The summed E-state index contributed by atoms with van der Waals surface area (Å²) >= 11 is 1.56. The van der Waals surface area contributed by atoms with Crippen molar-refractivity contribution in [1.82, 2.24) is 9.97 Å². The molecule has 0 radical (unpaired) electrons. The SMILES string of the molecule is NC(=O)[C@@H]1Cc2ccccc2N1Cc1csc(-c2ccccn2)n1. The summed E-state index contributed by atoms with van der Waals surface area (Å²) in [4.78, 5) is 22.9. The average molecular weight is 336 g/mol. The predicted molar refractivity (Wildman–Crippen MR) is 94.7 cm³/mol. The van der Waals surface area contributed by atoms with Crippen LogP contribution in [0.2, 0.25) is 0 Å². The predicted octanol–water partition coefficient (Wildman–Crippen LogP) is 2.62. The van der Waals surface area contributed by atoms with Crippen LogP contribution in [-0.4, -0.2) is 21.9 Å². The first kappa shape index (κ1) is 14.8. The van der Waals surface area contributed by atoms with Crippen LogP contribution in [0.15, 0.2) is 54.0 Å². The minimum absolute atomic E-state index is 0.300. The third-order valence-corrected chi connectivity index (χ3v) is 5.10. The molecule has 24 heavy (non-hydrogen) atoms. The molecule has 5 nitrogen and oxygen atoms in total. The third kappa shape index (κ3) is 2.65. The molecule has 1 amide bonds. The molecule has 6 heteroatoms. The van der Waals surface area contributed by atoms with E-state index in [2.05, 4.69) is 14.9 Å². The Hall–Kier alpha value is -2.73. The van der Waals surface area contributed by atoms with Gasteiger partial charge in [-0.25, -0.2) is 4.98 Å². The molecule has 0 aliphatic carbocycles. The van der Waals surface area contributed by atoms with Gasteiger partial charge in [0.2, 0.25) is 5.91 Å². The fourth-order valence-corrected chi connectivity index (χ4v) is 3.85. The molecule has 1 aliphatic rings. The first-order chi connectivity index (χ1) is 11.7. The lowest BCUT2D eigenvalue weighted by Crippen LogP contribution is -2.42. The van der Waals surface area contributed by atoms with Crippen molar-refractivity contribution in [1.29, 1.82) is 0 Å². The van der Waals surface area contributed by atoms with Crippen LogP contribution in [0.25, 0.3) is 10.7 Å². The zero-order valence-electron chi connectivity index (χ0n) is 12.9. The normalized spacial score (nSPS) is 16.2. The van der Waals surface area contributed by atoms with E-state index < -0.39 is 0 Å². The molecule has 1 atom stereocenters. The van der Waals surface area contributed by atoms with E-state index in [9.17, 15) is 4.79 Å². The van der Waals surface area contributed by atoms with Gasteiger partial charge < -0.3 is 10.6 Å². The number of aromatic nitrogens is 2. The number of para-hydroxylation sites is 1. The van der Waals surface area contributed by atoms with Crippen molar-refractivity contribution < 1.29 is 4.79 Å². The highest BCUT2D eigenvalue weighted by atomic mass is 32.1. The number of pyridine rings is 1. The van der Waals surface area contributed by atoms with E-state index >= 15 is 0 Å². The molecule has 1 aliphatic heterocycles. The van der Waals surface area contributed by atoms with Gasteiger partial charge in [-0.1, -0.05) is 24.3 Å². The first-order valence-corrected chi connectivity index (χ1v) is 8.60. The minimum Gasteiger partial charge on any atom is -0.368 e. The number of nitrogens with zero attached hydrogens (tertiary/aromatic N) is 3. The van der Waals surface area contributed by atoms with Gasteiger partial charge in [-0.2, -0.15) is 0 Å². The number of rotatable bonds is 4. The highest BCUT2D eigenvalue weighted by Gasteiger charge is 2.33. The Kier molecular flexibility index (Phi) is 3.74. The minimum atomic E-state index is -0.317. The standard InChI is InChI=1S/C18H16N4OS/c19-17(23)16-9-12-5-1-2-7-15(12)22(16)10-13-11-24-18(21-13)14-6-3-4-8-20-14/h1-8,11,16H,9-10H2,(H2,19,23)/t16-/m0/s1. The Balaban J connectivity index is 1.62. The quantitative estimate of drug-likeness (QED) is 0.795. The van der Waals surface area contributed by atoms with Crippen LogP contribution in [0, 0.1) is 0 Å². The number of hydrogen-bond acceptors (Lipinski definition) is 5. The Morgan fingerprint density at radius 1 is 1.25 bits per heavy atom. The van der Waals surface area contributed by atoms with Gasteiger partial charge in [0.15, 0.2) is 0 Å². The van der Waals surface area contributed by atoms with Crippen molar-refractivity contribution in [2.45, 2.75) is 19.0 Å². The molecule has 0 fully saturated rings. The van der Waals surface area contributed by atoms with Crippen LogP contribution in [0.1, 0.15) is 11.3 Å². The summed E-state index contributed by atoms with van der Waals surface area (Å²) in [5, 5.41) is 2.90. The van der Waals surface area contributed by atoms with Crippen molar-refractivity contribution in [3.8, 4) is 10.7 Å². The van der Waals surface area contributed by atoms with Crippen LogP contribution < -0.4 is 10.6 Å². The van der Waals surface area contributed by atoms with Crippen molar-refractivity contribution in [2.24, 2.45) is 5.73 Å². The molecule has 2 aromatic heterocycles. The molecule has 4 rings (SSSR count). The topological polar surface area (TPSA) is 72.1 Å². The van der Waals surface area contributed by atoms with E-state index in [1.807, 2.05) is 47.8 Å². The second-order valence-corrected chi connectivity index (χ2v) is 6.60. The van der Waals surface area contributed by atoms with E-state index in [-0.39, 0.29) is 11.9 Å². The Labute approximate surface area is 143 Å². The van der Waals surface area contributed by atoms with Crippen LogP contribution >= 0.6 is 11.3 Å². The molecule has 2 N–H and O–H groups in total. The Morgan fingerprint density at radius 2 is 2.08 bits per heavy atom. The lowest BCUT2D eigenvalue weighted by Gasteiger charge is -2.24. The largest absolute Gasteiger partial charge is 0.368 e. The molecule has 0 unspecified atom stereocenters. The second kappa shape index (κ2) is 6.05. The van der Waals surface area contributed by atoms with Gasteiger partial charge in [-0.05, 0) is 23.8 Å². The summed E-state index contributed by atoms with van der Waals surface area (Å²) in [6.07, 6.45) is 2.42. The van der Waals surface area contributed by atoms with Crippen molar-refractivity contribution in [2.75, 3.05) is 4.90 Å². The second-order valence-electron chi connectivity index (χ2n) is 5.74. The van der Waals surface area contributed by atoms with Gasteiger partial charge in [-0.3, -0.25) is 9.78 Å². The number of primary amides is 1. The van der Waals surface area contributed by atoms with Crippen molar-refractivity contribution in [3.05, 3.63) is 65.3 Å². The highest BCUT2D eigenvalue weighted by molar-refractivity contribution is 7.13. The molecule has 3 heterocycles. The van der Waals surface area contributed by atoms with Crippen LogP contribution in [0.5, 0.6) is 0 Å². The molecule has 120 valence electrons. The zero-order chi connectivity index (χ0) is 16.5. The van der Waals surface area contributed by atoms with E-state index in [0.717, 1.165) is 27.6 Å². The number of amides is 1. The smallest absolute Gasteiger partial charge is 0.240 e. The molecule has 0 spiro atoms. The molecule has 0 saturated carbocycles. The number of nitrogens with two attached hydrogens (primary N) is 1. The van der Waals surface area contributed by atoms with Gasteiger partial charge in [0.25, 0.3) is 0 Å². The van der Waals surface area contributed by atoms with Crippen LogP contribution in [0.3, 0.4) is 0 Å². The van der Waals surface area contributed by atoms with Gasteiger partial charge in [0.1, 0.15) is 11.0 Å². The van der Waals surface area contributed by atoms with Gasteiger partial charge in [-0.15, -0.1) is 11.3 Å². The number of carbonyl (C=O) groups excluding carboxylic acids is 1. The van der Waals surface area contributed by atoms with E-state index in [4.69, 9.17) is 5.73 Å². The monoisotopic (exact) mass is 336 g/mol. The fourth-order valence-electron chi connectivity index (χ4n) is 3.06. The number of hydrogen-bond donors (Lipinski definition) is 1. The molecular formula is C18H16N4OS. The summed E-state index contributed by atoms with van der Waals surface area (Å²) < 4.78 is 0. The lowest BCUT2D eigenvalue weighted by atomic mass is 10.1. The summed E-state index contributed by atoms with van der Waals surface area (Å²) in [6, 6.07) is 13.5. The summed E-state index contributed by atoms with van der Waals surface area (Å²) in [7, 11) is 0. The Morgan fingerprint density at radius 3 is 2.88 bits per heavy atom. The van der Waals surface area contributed by atoms with Gasteiger partial charge in [0, 0.05) is 23.7 Å².